The molecular weight excluding hydrogens is 426 g/mol. The molecular formula is C29H41NO2S. The molecule has 0 atom stereocenters. The number of nitrogens with one attached hydrogen (secondary N) is 1. The summed E-state index contributed by atoms with van der Waals surface area (Å²) in [5, 5.41) is 0. The summed E-state index contributed by atoms with van der Waals surface area (Å²) in [6.07, 6.45) is 3.90. The van der Waals surface area contributed by atoms with Gasteiger partial charge >= 0.3 is 5.97 Å². The zero-order chi connectivity index (χ0) is 24.4. The minimum atomic E-state index is -0.574. The quantitative estimate of drug-likeness (QED) is 0.314. The minimum absolute atomic E-state index is 0.125. The van der Waals surface area contributed by atoms with Crippen molar-refractivity contribution < 1.29 is 9.53 Å². The Bertz CT molecular complexity index is 987. The van der Waals surface area contributed by atoms with Gasteiger partial charge in [0.25, 0.3) is 0 Å². The molecule has 0 unspecified atom stereocenters. The number of carbonyl (C=O) groups excluding carboxylic acids is 1. The first-order valence-corrected chi connectivity index (χ1v) is 13.2. The number of hydrogen-bond donors (Lipinski definition) is 1. The van der Waals surface area contributed by atoms with E-state index in [2.05, 4.69) is 89.6 Å². The van der Waals surface area contributed by atoms with E-state index in [-0.39, 0.29) is 16.8 Å². The van der Waals surface area contributed by atoms with Crippen LogP contribution in [0, 0.1) is 6.92 Å². The van der Waals surface area contributed by atoms with Crippen LogP contribution in [0.2, 0.25) is 0 Å². The zero-order valence-electron chi connectivity index (χ0n) is 21.7. The van der Waals surface area contributed by atoms with Crippen molar-refractivity contribution in [2.45, 2.75) is 102 Å². The Hall–Kier alpha value is -1.94. The molecule has 3 nitrogen and oxygen atoms in total. The maximum Gasteiger partial charge on any atom is 0.316 e. The van der Waals surface area contributed by atoms with E-state index < -0.39 is 5.41 Å². The number of carbonyl (C=O) groups is 1. The zero-order valence-corrected chi connectivity index (χ0v) is 22.5. The molecule has 0 bridgehead atoms. The van der Waals surface area contributed by atoms with Crippen LogP contribution in [-0.2, 0) is 25.8 Å². The van der Waals surface area contributed by atoms with Gasteiger partial charge in [-0.1, -0.05) is 59.7 Å². The Balaban J connectivity index is 1.82. The number of hydrogen-bond acceptors (Lipinski definition) is 4. The van der Waals surface area contributed by atoms with Crippen molar-refractivity contribution in [2.75, 3.05) is 11.3 Å². The van der Waals surface area contributed by atoms with Crippen molar-refractivity contribution in [3.8, 4) is 0 Å². The number of aryl methyl sites for hydroxylation is 1. The highest BCUT2D eigenvalue weighted by atomic mass is 32.2. The van der Waals surface area contributed by atoms with Gasteiger partial charge in [-0.3, -0.25) is 4.79 Å². The smallest absolute Gasteiger partial charge is 0.316 e. The van der Waals surface area contributed by atoms with Crippen molar-refractivity contribution in [1.29, 1.82) is 0 Å². The second-order valence-electron chi connectivity index (χ2n) is 10.7. The molecule has 4 heteroatoms. The molecule has 3 rings (SSSR count). The summed E-state index contributed by atoms with van der Waals surface area (Å²) >= 11 is 1.67. The second kappa shape index (κ2) is 9.74. The van der Waals surface area contributed by atoms with Crippen molar-refractivity contribution in [3.05, 3.63) is 58.7 Å². The highest BCUT2D eigenvalue weighted by Gasteiger charge is 2.39. The molecule has 2 aromatic carbocycles. The summed E-state index contributed by atoms with van der Waals surface area (Å²) in [5.74, 6) is -0.125. The molecule has 0 aromatic heterocycles. The van der Waals surface area contributed by atoms with E-state index in [1.807, 2.05) is 6.92 Å². The SMILES string of the molecule is CCOC(=O)C(CC)(CC)c1ccc(NSc2cc3c(cc2C)C(C)(C)CCC3(C)C)cc1. The Kier molecular flexibility index (Phi) is 7.58. The van der Waals surface area contributed by atoms with Crippen LogP contribution >= 0.6 is 11.9 Å². The highest BCUT2D eigenvalue weighted by Crippen LogP contribution is 2.47. The molecule has 1 aliphatic carbocycles. The molecule has 0 aliphatic heterocycles. The first-order chi connectivity index (χ1) is 15.5. The van der Waals surface area contributed by atoms with Crippen LogP contribution in [0.1, 0.15) is 96.4 Å². The number of ether oxygens (including phenoxy) is 1. The standard InChI is InChI=1S/C29H41NO2S/c1-9-29(10-2,26(31)32-11-3)21-12-14-22(15-13-21)30-33-25-19-24-23(18-20(25)4)27(5,6)16-17-28(24,7)8/h12-15,18-19,30H,9-11,16-17H2,1-8H3. The molecule has 1 N–H and O–H groups in total. The lowest BCUT2D eigenvalue weighted by atomic mass is 9.63. The Morgan fingerprint density at radius 3 is 2.03 bits per heavy atom. The molecule has 33 heavy (non-hydrogen) atoms. The minimum Gasteiger partial charge on any atom is -0.465 e. The molecule has 0 heterocycles. The summed E-state index contributed by atoms with van der Waals surface area (Å²) in [5.41, 5.74) is 6.20. The molecule has 0 saturated carbocycles. The number of esters is 1. The summed E-state index contributed by atoms with van der Waals surface area (Å²) in [4.78, 5) is 14.0. The van der Waals surface area contributed by atoms with Crippen molar-refractivity contribution in [1.82, 2.24) is 0 Å². The maximum atomic E-state index is 12.7. The van der Waals surface area contributed by atoms with E-state index in [1.165, 1.54) is 34.4 Å². The number of fused-ring (bicyclic) bond motifs is 1. The van der Waals surface area contributed by atoms with Gasteiger partial charge in [0.15, 0.2) is 0 Å². The predicted molar refractivity (Wildman–Crippen MR) is 141 cm³/mol. The van der Waals surface area contributed by atoms with Gasteiger partial charge in [0.2, 0.25) is 0 Å². The lowest BCUT2D eigenvalue weighted by Crippen LogP contribution is -2.36. The average molecular weight is 468 g/mol. The van der Waals surface area contributed by atoms with Gasteiger partial charge in [-0.2, -0.15) is 0 Å². The molecule has 0 fully saturated rings. The molecule has 2 aromatic rings. The summed E-state index contributed by atoms with van der Waals surface area (Å²) in [6, 6.07) is 13.1. The molecule has 0 saturated heterocycles. The molecule has 180 valence electrons. The Morgan fingerprint density at radius 1 is 0.970 bits per heavy atom. The van der Waals surface area contributed by atoms with Gasteiger partial charge in [0, 0.05) is 10.6 Å². The van der Waals surface area contributed by atoms with Gasteiger partial charge in [-0.15, -0.1) is 0 Å². The third-order valence-electron chi connectivity index (χ3n) is 7.74. The van der Waals surface area contributed by atoms with E-state index in [0.29, 0.717) is 6.61 Å². The van der Waals surface area contributed by atoms with Gasteiger partial charge in [-0.25, -0.2) is 0 Å². The fraction of sp³-hybridized carbons (Fsp3) is 0.552. The van der Waals surface area contributed by atoms with Crippen LogP contribution in [0.25, 0.3) is 0 Å². The van der Waals surface area contributed by atoms with E-state index in [9.17, 15) is 4.79 Å². The van der Waals surface area contributed by atoms with E-state index in [0.717, 1.165) is 24.1 Å². The fourth-order valence-corrected chi connectivity index (χ4v) is 5.88. The van der Waals surface area contributed by atoms with Crippen LogP contribution < -0.4 is 4.72 Å². The lowest BCUT2D eigenvalue weighted by molar-refractivity contribution is -0.150. The van der Waals surface area contributed by atoms with Gasteiger partial charge in [0.05, 0.1) is 12.0 Å². The Labute approximate surface area is 205 Å². The predicted octanol–water partition coefficient (Wildman–Crippen LogP) is 8.08. The Morgan fingerprint density at radius 2 is 1.52 bits per heavy atom. The first-order valence-electron chi connectivity index (χ1n) is 12.4. The normalized spacial score (nSPS) is 16.7. The number of rotatable bonds is 8. The second-order valence-corrected chi connectivity index (χ2v) is 11.6. The van der Waals surface area contributed by atoms with Gasteiger partial charge in [0.1, 0.15) is 0 Å². The van der Waals surface area contributed by atoms with Crippen LogP contribution in [-0.4, -0.2) is 12.6 Å². The number of anilines is 1. The van der Waals surface area contributed by atoms with Crippen LogP contribution in [0.4, 0.5) is 5.69 Å². The molecule has 0 radical (unpaired) electrons. The number of benzene rings is 2. The van der Waals surface area contributed by atoms with Gasteiger partial charge < -0.3 is 9.46 Å². The van der Waals surface area contributed by atoms with Crippen LogP contribution in [0.3, 0.4) is 0 Å². The highest BCUT2D eigenvalue weighted by molar-refractivity contribution is 8.00. The van der Waals surface area contributed by atoms with Crippen LogP contribution in [0.15, 0.2) is 41.3 Å². The van der Waals surface area contributed by atoms with Gasteiger partial charge in [-0.05, 0) is 103 Å². The summed E-state index contributed by atoms with van der Waals surface area (Å²) in [7, 11) is 0. The van der Waals surface area contributed by atoms with E-state index in [4.69, 9.17) is 4.74 Å². The van der Waals surface area contributed by atoms with Crippen molar-refractivity contribution in [2.24, 2.45) is 0 Å². The summed E-state index contributed by atoms with van der Waals surface area (Å²) in [6.45, 7) is 18.1. The van der Waals surface area contributed by atoms with Crippen molar-refractivity contribution >= 4 is 23.6 Å². The van der Waals surface area contributed by atoms with Crippen LogP contribution in [0.5, 0.6) is 0 Å². The molecule has 0 spiro atoms. The van der Waals surface area contributed by atoms with E-state index >= 15 is 0 Å². The summed E-state index contributed by atoms with van der Waals surface area (Å²) < 4.78 is 8.94. The fourth-order valence-electron chi connectivity index (χ4n) is 5.12. The molecule has 1 aliphatic rings. The topological polar surface area (TPSA) is 38.3 Å². The largest absolute Gasteiger partial charge is 0.465 e. The molecule has 0 amide bonds. The maximum absolute atomic E-state index is 12.7. The third kappa shape index (κ3) is 4.96. The van der Waals surface area contributed by atoms with E-state index in [1.54, 1.807) is 11.9 Å². The van der Waals surface area contributed by atoms with Crippen molar-refractivity contribution in [3.63, 3.8) is 0 Å². The monoisotopic (exact) mass is 467 g/mol. The third-order valence-corrected chi connectivity index (χ3v) is 8.74. The first kappa shape index (κ1) is 25.7. The lowest BCUT2D eigenvalue weighted by Gasteiger charge is -2.42. The average Bonchev–Trinajstić information content (AvgIpc) is 2.78.